The minimum absolute atomic E-state index is 0.158. The van der Waals surface area contributed by atoms with E-state index in [0.717, 1.165) is 0 Å². The Morgan fingerprint density at radius 2 is 1.89 bits per heavy atom. The number of carbonyl (C=O) groups excluding carboxylic acids is 2. The zero-order chi connectivity index (χ0) is 14.9. The molecule has 4 N–H and O–H groups in total. The van der Waals surface area contributed by atoms with E-state index in [0.29, 0.717) is 26.0 Å². The molecule has 0 aliphatic rings. The van der Waals surface area contributed by atoms with Gasteiger partial charge in [0.1, 0.15) is 6.04 Å². The predicted molar refractivity (Wildman–Crippen MR) is 74.6 cm³/mol. The second-order valence-corrected chi connectivity index (χ2v) is 4.67. The largest absolute Gasteiger partial charge is 0.383 e. The monoisotopic (exact) mass is 273 g/mol. The van der Waals surface area contributed by atoms with Gasteiger partial charge in [-0.05, 0) is 19.8 Å². The van der Waals surface area contributed by atoms with Crippen LogP contribution in [-0.2, 0) is 14.3 Å². The van der Waals surface area contributed by atoms with Gasteiger partial charge >= 0.3 is 0 Å². The van der Waals surface area contributed by atoms with Gasteiger partial charge in [-0.25, -0.2) is 0 Å². The summed E-state index contributed by atoms with van der Waals surface area (Å²) < 4.78 is 4.84. The van der Waals surface area contributed by atoms with Crippen LogP contribution in [0.15, 0.2) is 0 Å². The van der Waals surface area contributed by atoms with Crippen molar-refractivity contribution in [2.24, 2.45) is 11.1 Å². The standard InChI is InChI=1S/C13H27N3O3/c1-5-13(6-2,9-14)12(18)16-10(3)11(17)15-7-8-19-4/h10H,5-9,14H2,1-4H3,(H,15,17)(H,16,18). The Kier molecular flexibility index (Phi) is 8.34. The number of nitrogens with two attached hydrogens (primary N) is 1. The third-order valence-electron chi connectivity index (χ3n) is 3.57. The third kappa shape index (κ3) is 5.16. The van der Waals surface area contributed by atoms with Crippen LogP contribution in [0.2, 0.25) is 0 Å². The van der Waals surface area contributed by atoms with E-state index in [-0.39, 0.29) is 18.4 Å². The van der Waals surface area contributed by atoms with Gasteiger partial charge in [-0.15, -0.1) is 0 Å². The quantitative estimate of drug-likeness (QED) is 0.516. The molecule has 0 spiro atoms. The molecule has 0 saturated heterocycles. The van der Waals surface area contributed by atoms with Crippen molar-refractivity contribution < 1.29 is 14.3 Å². The number of ether oxygens (including phenoxy) is 1. The first-order valence-electron chi connectivity index (χ1n) is 6.75. The average Bonchev–Trinajstić information content (AvgIpc) is 2.41. The maximum absolute atomic E-state index is 12.2. The summed E-state index contributed by atoms with van der Waals surface area (Å²) in [5, 5.41) is 5.41. The fourth-order valence-electron chi connectivity index (χ4n) is 1.80. The number of nitrogens with one attached hydrogen (secondary N) is 2. The van der Waals surface area contributed by atoms with Crippen LogP contribution in [0, 0.1) is 5.41 Å². The molecule has 0 heterocycles. The van der Waals surface area contributed by atoms with Crippen LogP contribution in [0.25, 0.3) is 0 Å². The van der Waals surface area contributed by atoms with Crippen molar-refractivity contribution in [1.82, 2.24) is 10.6 Å². The molecular weight excluding hydrogens is 246 g/mol. The van der Waals surface area contributed by atoms with E-state index in [4.69, 9.17) is 10.5 Å². The lowest BCUT2D eigenvalue weighted by Crippen LogP contribution is -2.52. The van der Waals surface area contributed by atoms with Gasteiger partial charge in [-0.2, -0.15) is 0 Å². The number of rotatable bonds is 9. The number of carbonyl (C=O) groups is 2. The van der Waals surface area contributed by atoms with Crippen molar-refractivity contribution in [3.05, 3.63) is 0 Å². The maximum Gasteiger partial charge on any atom is 0.242 e. The lowest BCUT2D eigenvalue weighted by molar-refractivity contribution is -0.135. The smallest absolute Gasteiger partial charge is 0.242 e. The summed E-state index contributed by atoms with van der Waals surface area (Å²) in [7, 11) is 1.56. The highest BCUT2D eigenvalue weighted by molar-refractivity contribution is 5.89. The highest BCUT2D eigenvalue weighted by Crippen LogP contribution is 2.25. The van der Waals surface area contributed by atoms with E-state index in [9.17, 15) is 9.59 Å². The van der Waals surface area contributed by atoms with Crippen molar-refractivity contribution in [3.63, 3.8) is 0 Å². The molecule has 0 aliphatic carbocycles. The van der Waals surface area contributed by atoms with Crippen molar-refractivity contribution in [2.75, 3.05) is 26.8 Å². The van der Waals surface area contributed by atoms with Crippen LogP contribution >= 0.6 is 0 Å². The molecule has 0 aromatic heterocycles. The fourth-order valence-corrected chi connectivity index (χ4v) is 1.80. The van der Waals surface area contributed by atoms with E-state index < -0.39 is 11.5 Å². The van der Waals surface area contributed by atoms with Gasteiger partial charge in [-0.1, -0.05) is 13.8 Å². The minimum atomic E-state index is -0.582. The molecule has 0 radical (unpaired) electrons. The van der Waals surface area contributed by atoms with Gasteiger partial charge in [0.15, 0.2) is 0 Å². The van der Waals surface area contributed by atoms with E-state index in [1.807, 2.05) is 13.8 Å². The van der Waals surface area contributed by atoms with Gasteiger partial charge in [0.2, 0.25) is 11.8 Å². The Morgan fingerprint density at radius 3 is 2.32 bits per heavy atom. The first kappa shape index (κ1) is 17.9. The highest BCUT2D eigenvalue weighted by Gasteiger charge is 2.34. The Morgan fingerprint density at radius 1 is 1.32 bits per heavy atom. The van der Waals surface area contributed by atoms with Gasteiger partial charge in [-0.3, -0.25) is 9.59 Å². The van der Waals surface area contributed by atoms with Crippen LogP contribution in [0.4, 0.5) is 0 Å². The molecule has 19 heavy (non-hydrogen) atoms. The fraction of sp³-hybridized carbons (Fsp3) is 0.846. The molecule has 2 amide bonds. The average molecular weight is 273 g/mol. The van der Waals surface area contributed by atoms with Gasteiger partial charge in [0.05, 0.1) is 12.0 Å². The summed E-state index contributed by atoms with van der Waals surface area (Å²) in [5.74, 6) is -0.377. The number of hydrogen-bond donors (Lipinski definition) is 3. The Labute approximate surface area is 115 Å². The predicted octanol–water partition coefficient (Wildman–Crippen LogP) is 0.0188. The first-order valence-corrected chi connectivity index (χ1v) is 6.75. The van der Waals surface area contributed by atoms with Gasteiger partial charge < -0.3 is 21.1 Å². The minimum Gasteiger partial charge on any atom is -0.383 e. The molecule has 0 saturated carbocycles. The summed E-state index contributed by atoms with van der Waals surface area (Å²) in [6.07, 6.45) is 1.31. The molecule has 6 heteroatoms. The summed E-state index contributed by atoms with van der Waals surface area (Å²) in [6, 6.07) is -0.576. The molecule has 0 bridgehead atoms. The SMILES string of the molecule is CCC(CC)(CN)C(=O)NC(C)C(=O)NCCOC. The topological polar surface area (TPSA) is 93.5 Å². The Balaban J connectivity index is 4.41. The summed E-state index contributed by atoms with van der Waals surface area (Å²) in [5.41, 5.74) is 5.12. The molecule has 0 rings (SSSR count). The zero-order valence-electron chi connectivity index (χ0n) is 12.4. The van der Waals surface area contributed by atoms with Crippen LogP contribution < -0.4 is 16.4 Å². The maximum atomic E-state index is 12.2. The van der Waals surface area contributed by atoms with Crippen LogP contribution in [0.3, 0.4) is 0 Å². The van der Waals surface area contributed by atoms with Crippen LogP contribution in [0.5, 0.6) is 0 Å². The molecule has 112 valence electrons. The van der Waals surface area contributed by atoms with Crippen molar-refractivity contribution >= 4 is 11.8 Å². The van der Waals surface area contributed by atoms with Gasteiger partial charge in [0, 0.05) is 20.2 Å². The lowest BCUT2D eigenvalue weighted by atomic mass is 9.81. The van der Waals surface area contributed by atoms with E-state index in [2.05, 4.69) is 10.6 Å². The second-order valence-electron chi connectivity index (χ2n) is 4.67. The van der Waals surface area contributed by atoms with Crippen molar-refractivity contribution in [3.8, 4) is 0 Å². The molecule has 6 nitrogen and oxygen atoms in total. The summed E-state index contributed by atoms with van der Waals surface area (Å²) in [6.45, 7) is 6.68. The third-order valence-corrected chi connectivity index (χ3v) is 3.57. The molecule has 0 aromatic rings. The van der Waals surface area contributed by atoms with Gasteiger partial charge in [0.25, 0.3) is 0 Å². The molecule has 0 aromatic carbocycles. The highest BCUT2D eigenvalue weighted by atomic mass is 16.5. The number of hydrogen-bond acceptors (Lipinski definition) is 4. The Bertz CT molecular complexity index is 283. The van der Waals surface area contributed by atoms with Crippen LogP contribution in [0.1, 0.15) is 33.6 Å². The molecular formula is C13H27N3O3. The molecule has 1 unspecified atom stereocenters. The first-order chi connectivity index (χ1) is 8.97. The van der Waals surface area contributed by atoms with Crippen LogP contribution in [-0.4, -0.2) is 44.7 Å². The molecule has 1 atom stereocenters. The number of amides is 2. The molecule has 0 fully saturated rings. The Hall–Kier alpha value is -1.14. The van der Waals surface area contributed by atoms with E-state index >= 15 is 0 Å². The summed E-state index contributed by atoms with van der Waals surface area (Å²) >= 11 is 0. The molecule has 0 aliphatic heterocycles. The summed E-state index contributed by atoms with van der Waals surface area (Å²) in [4.78, 5) is 23.9. The van der Waals surface area contributed by atoms with E-state index in [1.165, 1.54) is 0 Å². The van der Waals surface area contributed by atoms with E-state index in [1.54, 1.807) is 14.0 Å². The normalized spacial score (nSPS) is 12.9. The van der Waals surface area contributed by atoms with Crippen molar-refractivity contribution in [2.45, 2.75) is 39.7 Å². The number of methoxy groups -OCH3 is 1. The zero-order valence-corrected chi connectivity index (χ0v) is 12.4. The second kappa shape index (κ2) is 8.87. The lowest BCUT2D eigenvalue weighted by Gasteiger charge is -2.30. The van der Waals surface area contributed by atoms with Crippen molar-refractivity contribution in [1.29, 1.82) is 0 Å².